The molecule has 0 spiro atoms. The Morgan fingerprint density at radius 3 is 2.61 bits per heavy atom. The monoisotopic (exact) mass is 397 g/mol. The van der Waals surface area contributed by atoms with Gasteiger partial charge in [-0.15, -0.1) is 0 Å². The Morgan fingerprint density at radius 2 is 1.89 bits per heavy atom. The number of hydrogen-bond donors (Lipinski definition) is 1. The van der Waals surface area contributed by atoms with Gasteiger partial charge in [0.25, 0.3) is 5.91 Å². The maximum atomic E-state index is 12.3. The van der Waals surface area contributed by atoms with Gasteiger partial charge in [-0.3, -0.25) is 4.79 Å². The minimum absolute atomic E-state index is 0.246. The summed E-state index contributed by atoms with van der Waals surface area (Å²) >= 11 is 5.93. The zero-order valence-electron chi connectivity index (χ0n) is 15.6. The predicted octanol–water partition coefficient (Wildman–Crippen LogP) is 3.89. The number of methoxy groups -OCH3 is 1. The van der Waals surface area contributed by atoms with Crippen molar-refractivity contribution in [2.24, 2.45) is 0 Å². The number of carbonyl (C=O) groups is 1. The van der Waals surface area contributed by atoms with Crippen molar-refractivity contribution in [3.63, 3.8) is 0 Å². The molecule has 0 aliphatic heterocycles. The van der Waals surface area contributed by atoms with Crippen LogP contribution in [0.3, 0.4) is 0 Å². The molecule has 1 aromatic heterocycles. The van der Waals surface area contributed by atoms with Crippen molar-refractivity contribution in [2.75, 3.05) is 7.11 Å². The Kier molecular flexibility index (Phi) is 6.45. The largest absolute Gasteiger partial charge is 0.497 e. The number of nitrogens with zero attached hydrogens (tertiary/aromatic N) is 2. The molecule has 28 heavy (non-hydrogen) atoms. The number of benzene rings is 2. The Balaban J connectivity index is 1.60. The number of ether oxygens (including phenoxy) is 2. The molecule has 1 atom stereocenters. The van der Waals surface area contributed by atoms with Gasteiger partial charge in [0.15, 0.2) is 6.10 Å². The minimum atomic E-state index is -0.665. The van der Waals surface area contributed by atoms with E-state index in [0.717, 1.165) is 17.0 Å². The number of carbonyl (C=O) groups excluding carboxylic acids is 1. The molecule has 1 N–H and O–H groups in total. The molecule has 2 aromatic carbocycles. The van der Waals surface area contributed by atoms with E-state index in [9.17, 15) is 4.79 Å². The van der Waals surface area contributed by atoms with Gasteiger partial charge >= 0.3 is 0 Å². The fourth-order valence-electron chi connectivity index (χ4n) is 2.53. The van der Waals surface area contributed by atoms with E-state index in [0.29, 0.717) is 16.5 Å². The van der Waals surface area contributed by atoms with Crippen molar-refractivity contribution in [2.45, 2.75) is 19.6 Å². The van der Waals surface area contributed by atoms with Crippen LogP contribution in [0.15, 0.2) is 60.9 Å². The predicted molar refractivity (Wildman–Crippen MR) is 107 cm³/mol. The molecule has 0 radical (unpaired) electrons. The fourth-order valence-corrected chi connectivity index (χ4v) is 2.71. The fraction of sp³-hybridized carbons (Fsp3) is 0.190. The van der Waals surface area contributed by atoms with Crippen molar-refractivity contribution < 1.29 is 14.3 Å². The summed E-state index contributed by atoms with van der Waals surface area (Å²) in [5.74, 6) is 1.07. The highest BCUT2D eigenvalue weighted by Crippen LogP contribution is 2.21. The van der Waals surface area contributed by atoms with Crippen LogP contribution < -0.4 is 14.8 Å². The number of rotatable bonds is 7. The molecule has 0 fully saturated rings. The molecule has 1 heterocycles. The van der Waals surface area contributed by atoms with Crippen molar-refractivity contribution in [1.29, 1.82) is 0 Å². The summed E-state index contributed by atoms with van der Waals surface area (Å²) in [6, 6.07) is 16.3. The molecule has 144 valence electrons. The molecule has 0 aliphatic carbocycles. The first-order valence-corrected chi connectivity index (χ1v) is 9.08. The zero-order valence-corrected chi connectivity index (χ0v) is 16.3. The molecule has 1 unspecified atom stereocenters. The summed E-state index contributed by atoms with van der Waals surface area (Å²) in [6.07, 6.45) is 0.814. The maximum Gasteiger partial charge on any atom is 0.261 e. The van der Waals surface area contributed by atoms with E-state index >= 15 is 0 Å². The lowest BCUT2D eigenvalue weighted by Crippen LogP contribution is -2.36. The number of aromatic nitrogens is 2. The van der Waals surface area contributed by atoms with Crippen LogP contribution in [0, 0.1) is 0 Å². The molecule has 1 amide bonds. The van der Waals surface area contributed by atoms with Crippen molar-refractivity contribution in [1.82, 2.24) is 15.3 Å². The molecule has 0 saturated carbocycles. The van der Waals surface area contributed by atoms with E-state index in [-0.39, 0.29) is 12.5 Å². The molecule has 7 heteroatoms. The van der Waals surface area contributed by atoms with E-state index < -0.39 is 6.10 Å². The van der Waals surface area contributed by atoms with Crippen molar-refractivity contribution in [3.05, 3.63) is 71.6 Å². The highest BCUT2D eigenvalue weighted by molar-refractivity contribution is 6.30. The summed E-state index contributed by atoms with van der Waals surface area (Å²) in [7, 11) is 1.62. The highest BCUT2D eigenvalue weighted by atomic mass is 35.5. The first-order valence-electron chi connectivity index (χ1n) is 8.70. The van der Waals surface area contributed by atoms with Crippen LogP contribution in [0.2, 0.25) is 5.02 Å². The summed E-state index contributed by atoms with van der Waals surface area (Å²) in [5.41, 5.74) is 2.41. The quantitative estimate of drug-likeness (QED) is 0.654. The summed E-state index contributed by atoms with van der Waals surface area (Å²) < 4.78 is 10.8. The van der Waals surface area contributed by atoms with Gasteiger partial charge in [-0.2, -0.15) is 0 Å². The van der Waals surface area contributed by atoms with Gasteiger partial charge in [0.05, 0.1) is 25.0 Å². The summed E-state index contributed by atoms with van der Waals surface area (Å²) in [6.45, 7) is 1.95. The van der Waals surface area contributed by atoms with Crippen LogP contribution >= 0.6 is 11.6 Å². The summed E-state index contributed by atoms with van der Waals surface area (Å²) in [4.78, 5) is 20.8. The second kappa shape index (κ2) is 9.19. The average molecular weight is 398 g/mol. The Bertz CT molecular complexity index is 948. The van der Waals surface area contributed by atoms with Gasteiger partial charge in [-0.05, 0) is 55.5 Å². The van der Waals surface area contributed by atoms with Gasteiger partial charge in [0.2, 0.25) is 0 Å². The first kappa shape index (κ1) is 19.6. The lowest BCUT2D eigenvalue weighted by molar-refractivity contribution is -0.127. The number of nitrogens with one attached hydrogen (secondary N) is 1. The summed E-state index contributed by atoms with van der Waals surface area (Å²) in [5, 5.41) is 3.38. The second-order valence-corrected chi connectivity index (χ2v) is 6.49. The van der Waals surface area contributed by atoms with E-state index in [4.69, 9.17) is 21.1 Å². The van der Waals surface area contributed by atoms with E-state index in [1.807, 2.05) is 30.3 Å². The van der Waals surface area contributed by atoms with Crippen molar-refractivity contribution >= 4 is 17.5 Å². The Hall–Kier alpha value is -3.12. The van der Waals surface area contributed by atoms with Crippen LogP contribution in [-0.2, 0) is 11.3 Å². The molecule has 6 nitrogen and oxygen atoms in total. The molecule has 0 aliphatic rings. The van der Waals surface area contributed by atoms with Gasteiger partial charge in [0.1, 0.15) is 17.8 Å². The number of amides is 1. The van der Waals surface area contributed by atoms with Crippen LogP contribution in [0.5, 0.6) is 11.5 Å². The normalized spacial score (nSPS) is 11.5. The van der Waals surface area contributed by atoms with Crippen molar-refractivity contribution in [3.8, 4) is 22.8 Å². The number of hydrogen-bond acceptors (Lipinski definition) is 5. The molecular formula is C21H20ClN3O3. The van der Waals surface area contributed by atoms with Crippen LogP contribution in [-0.4, -0.2) is 29.1 Å². The van der Waals surface area contributed by atoms with Crippen LogP contribution in [0.25, 0.3) is 11.3 Å². The van der Waals surface area contributed by atoms with Gasteiger partial charge in [-0.25, -0.2) is 9.97 Å². The Labute approximate surface area is 168 Å². The highest BCUT2D eigenvalue weighted by Gasteiger charge is 2.15. The van der Waals surface area contributed by atoms with E-state index in [1.165, 1.54) is 6.33 Å². The van der Waals surface area contributed by atoms with Gasteiger partial charge < -0.3 is 14.8 Å². The van der Waals surface area contributed by atoms with Gasteiger partial charge in [-0.1, -0.05) is 17.7 Å². The van der Waals surface area contributed by atoms with Gasteiger partial charge in [0, 0.05) is 10.6 Å². The first-order chi connectivity index (χ1) is 13.5. The molecular weight excluding hydrogens is 378 g/mol. The standard InChI is InChI=1S/C21H20ClN3O3/c1-14(28-19-5-3-4-16(22)10-19)21(26)23-12-17-11-20(25-13-24-17)15-6-8-18(27-2)9-7-15/h3-11,13-14H,12H2,1-2H3,(H,23,26). The third-order valence-electron chi connectivity index (χ3n) is 4.03. The molecule has 3 aromatic rings. The lowest BCUT2D eigenvalue weighted by Gasteiger charge is -2.15. The molecule has 0 bridgehead atoms. The Morgan fingerprint density at radius 1 is 1.11 bits per heavy atom. The third-order valence-corrected chi connectivity index (χ3v) is 4.27. The zero-order chi connectivity index (χ0) is 19.9. The smallest absolute Gasteiger partial charge is 0.261 e. The van der Waals surface area contributed by atoms with E-state index in [2.05, 4.69) is 15.3 Å². The number of halogens is 1. The topological polar surface area (TPSA) is 73.3 Å². The molecule has 3 rings (SSSR count). The molecule has 0 saturated heterocycles. The second-order valence-electron chi connectivity index (χ2n) is 6.06. The SMILES string of the molecule is COc1ccc(-c2cc(CNC(=O)C(C)Oc3cccc(Cl)c3)ncn2)cc1. The average Bonchev–Trinajstić information content (AvgIpc) is 2.72. The minimum Gasteiger partial charge on any atom is -0.497 e. The third kappa shape index (κ3) is 5.20. The van der Waals surface area contributed by atoms with Crippen LogP contribution in [0.4, 0.5) is 0 Å². The van der Waals surface area contributed by atoms with Crippen LogP contribution in [0.1, 0.15) is 12.6 Å². The maximum absolute atomic E-state index is 12.3. The van der Waals surface area contributed by atoms with E-state index in [1.54, 1.807) is 38.3 Å². The lowest BCUT2D eigenvalue weighted by atomic mass is 10.1.